The second kappa shape index (κ2) is 5.52. The van der Waals surface area contributed by atoms with Gasteiger partial charge < -0.3 is 4.90 Å². The summed E-state index contributed by atoms with van der Waals surface area (Å²) in [4.78, 5) is 6.65. The van der Waals surface area contributed by atoms with E-state index in [2.05, 4.69) is 22.2 Å². The van der Waals surface area contributed by atoms with Gasteiger partial charge in [-0.15, -0.1) is 0 Å². The summed E-state index contributed by atoms with van der Waals surface area (Å²) in [6.07, 6.45) is 3.92. The molecule has 0 N–H and O–H groups in total. The zero-order valence-electron chi connectivity index (χ0n) is 12.1. The predicted octanol–water partition coefficient (Wildman–Crippen LogP) is 2.97. The number of anilines is 1. The van der Waals surface area contributed by atoms with Gasteiger partial charge in [0.25, 0.3) is 0 Å². The monoisotopic (exact) mass is 284 g/mol. The van der Waals surface area contributed by atoms with Crippen molar-refractivity contribution in [2.45, 2.75) is 6.42 Å². The number of aromatic nitrogens is 3. The van der Waals surface area contributed by atoms with E-state index in [-0.39, 0.29) is 6.67 Å². The van der Waals surface area contributed by atoms with Crippen LogP contribution in [0.15, 0.2) is 42.7 Å². The van der Waals surface area contributed by atoms with Gasteiger partial charge in [-0.3, -0.25) is 4.39 Å². The molecule has 0 radical (unpaired) electrons. The van der Waals surface area contributed by atoms with Gasteiger partial charge in [0.2, 0.25) is 0 Å². The maximum absolute atomic E-state index is 12.6. The van der Waals surface area contributed by atoms with Gasteiger partial charge in [-0.1, -0.05) is 12.1 Å². The Labute approximate surface area is 122 Å². The summed E-state index contributed by atoms with van der Waals surface area (Å²) in [5, 5.41) is 4.24. The van der Waals surface area contributed by atoms with E-state index < -0.39 is 0 Å². The Kier molecular flexibility index (Phi) is 3.56. The number of nitrogens with zero attached hydrogens (tertiary/aromatic N) is 4. The summed E-state index contributed by atoms with van der Waals surface area (Å²) in [7, 11) is 4.01. The molecule has 0 aliphatic carbocycles. The lowest BCUT2D eigenvalue weighted by Gasteiger charge is -2.11. The largest absolute Gasteiger partial charge is 0.378 e. The lowest BCUT2D eigenvalue weighted by molar-refractivity contribution is 0.495. The molecule has 0 unspecified atom stereocenters. The zero-order valence-corrected chi connectivity index (χ0v) is 12.1. The second-order valence-electron chi connectivity index (χ2n) is 5.13. The van der Waals surface area contributed by atoms with Crippen LogP contribution in [0.3, 0.4) is 0 Å². The Balaban J connectivity index is 2.02. The highest BCUT2D eigenvalue weighted by molar-refractivity contribution is 5.66. The maximum Gasteiger partial charge on any atom is 0.157 e. The molecule has 2 aromatic heterocycles. The van der Waals surface area contributed by atoms with Crippen molar-refractivity contribution in [1.29, 1.82) is 0 Å². The number of fused-ring (bicyclic) bond motifs is 1. The van der Waals surface area contributed by atoms with Crippen LogP contribution in [-0.2, 0) is 6.42 Å². The summed E-state index contributed by atoms with van der Waals surface area (Å²) in [6, 6.07) is 9.99. The molecular formula is C16H17FN4. The second-order valence-corrected chi connectivity index (χ2v) is 5.13. The van der Waals surface area contributed by atoms with Gasteiger partial charge in [0.05, 0.1) is 18.6 Å². The predicted molar refractivity (Wildman–Crippen MR) is 82.4 cm³/mol. The van der Waals surface area contributed by atoms with Gasteiger partial charge in [0.15, 0.2) is 5.65 Å². The molecule has 21 heavy (non-hydrogen) atoms. The number of hydrogen-bond donors (Lipinski definition) is 0. The van der Waals surface area contributed by atoms with E-state index in [0.29, 0.717) is 6.42 Å². The Hall–Kier alpha value is -2.43. The SMILES string of the molecule is CN(C)c1ccc(-c2cn3nccc(CCF)c3n2)cc1. The number of benzene rings is 1. The first kappa shape index (κ1) is 13.5. The first-order chi connectivity index (χ1) is 10.2. The summed E-state index contributed by atoms with van der Waals surface area (Å²) < 4.78 is 14.3. The van der Waals surface area contributed by atoms with Crippen molar-refractivity contribution in [3.63, 3.8) is 0 Å². The maximum atomic E-state index is 12.6. The smallest absolute Gasteiger partial charge is 0.157 e. The third-order valence-electron chi connectivity index (χ3n) is 3.49. The van der Waals surface area contributed by atoms with Crippen molar-refractivity contribution >= 4 is 11.3 Å². The number of hydrogen-bond acceptors (Lipinski definition) is 3. The Morgan fingerprint density at radius 3 is 2.57 bits per heavy atom. The summed E-state index contributed by atoms with van der Waals surface area (Å²) in [5.41, 5.74) is 4.61. The van der Waals surface area contributed by atoms with E-state index in [9.17, 15) is 4.39 Å². The summed E-state index contributed by atoms with van der Waals surface area (Å²) in [5.74, 6) is 0. The van der Waals surface area contributed by atoms with Crippen LogP contribution in [0.1, 0.15) is 5.56 Å². The topological polar surface area (TPSA) is 33.4 Å². The van der Waals surface area contributed by atoms with E-state index in [1.54, 1.807) is 10.7 Å². The zero-order chi connectivity index (χ0) is 14.8. The quantitative estimate of drug-likeness (QED) is 0.738. The van der Waals surface area contributed by atoms with Crippen LogP contribution < -0.4 is 4.90 Å². The van der Waals surface area contributed by atoms with Crippen molar-refractivity contribution in [2.24, 2.45) is 0 Å². The average molecular weight is 284 g/mol. The number of imidazole rings is 1. The molecule has 0 aliphatic heterocycles. The van der Waals surface area contributed by atoms with Crippen molar-refractivity contribution in [2.75, 3.05) is 25.7 Å². The molecule has 0 bridgehead atoms. The fourth-order valence-corrected chi connectivity index (χ4v) is 2.31. The highest BCUT2D eigenvalue weighted by Crippen LogP contribution is 2.23. The number of rotatable bonds is 4. The van der Waals surface area contributed by atoms with Crippen LogP contribution in [0, 0.1) is 0 Å². The van der Waals surface area contributed by atoms with Crippen LogP contribution in [0.4, 0.5) is 10.1 Å². The normalized spacial score (nSPS) is 11.0. The summed E-state index contributed by atoms with van der Waals surface area (Å²) in [6.45, 7) is -0.389. The minimum Gasteiger partial charge on any atom is -0.378 e. The molecule has 0 spiro atoms. The molecule has 4 nitrogen and oxygen atoms in total. The van der Waals surface area contributed by atoms with Crippen molar-refractivity contribution < 1.29 is 4.39 Å². The number of alkyl halides is 1. The molecule has 108 valence electrons. The molecule has 0 saturated carbocycles. The molecule has 3 rings (SSSR count). The van der Waals surface area contributed by atoms with Crippen LogP contribution in [-0.4, -0.2) is 35.4 Å². The number of halogens is 1. The third-order valence-corrected chi connectivity index (χ3v) is 3.49. The first-order valence-electron chi connectivity index (χ1n) is 6.86. The minimum atomic E-state index is -0.389. The van der Waals surface area contributed by atoms with Gasteiger partial charge in [-0.05, 0) is 18.2 Å². The minimum absolute atomic E-state index is 0.363. The molecular weight excluding hydrogens is 267 g/mol. The molecule has 0 atom stereocenters. The van der Waals surface area contributed by atoms with Crippen molar-refractivity contribution in [3.8, 4) is 11.3 Å². The molecule has 5 heteroatoms. The van der Waals surface area contributed by atoms with Crippen LogP contribution in [0.25, 0.3) is 16.9 Å². The van der Waals surface area contributed by atoms with Crippen molar-refractivity contribution in [3.05, 3.63) is 48.3 Å². The first-order valence-corrected chi connectivity index (χ1v) is 6.86. The highest BCUT2D eigenvalue weighted by atomic mass is 19.1. The lowest BCUT2D eigenvalue weighted by Crippen LogP contribution is -2.07. The van der Waals surface area contributed by atoms with Crippen LogP contribution >= 0.6 is 0 Å². The molecule has 2 heterocycles. The molecule has 0 fully saturated rings. The van der Waals surface area contributed by atoms with E-state index >= 15 is 0 Å². The van der Waals surface area contributed by atoms with Gasteiger partial charge >= 0.3 is 0 Å². The average Bonchev–Trinajstić information content (AvgIpc) is 2.93. The van der Waals surface area contributed by atoms with Gasteiger partial charge in [0.1, 0.15) is 0 Å². The Bertz CT molecular complexity index is 747. The van der Waals surface area contributed by atoms with E-state index in [1.807, 2.05) is 43.4 Å². The Morgan fingerprint density at radius 2 is 1.90 bits per heavy atom. The van der Waals surface area contributed by atoms with E-state index in [4.69, 9.17) is 0 Å². The van der Waals surface area contributed by atoms with Crippen molar-refractivity contribution in [1.82, 2.24) is 14.6 Å². The number of aryl methyl sites for hydroxylation is 1. The van der Waals surface area contributed by atoms with E-state index in [0.717, 1.165) is 28.2 Å². The van der Waals surface area contributed by atoms with Gasteiger partial charge in [-0.2, -0.15) is 5.10 Å². The van der Waals surface area contributed by atoms with E-state index in [1.165, 1.54) is 0 Å². The molecule has 0 amide bonds. The van der Waals surface area contributed by atoms with Crippen LogP contribution in [0.2, 0.25) is 0 Å². The fraction of sp³-hybridized carbons (Fsp3) is 0.250. The fourth-order valence-electron chi connectivity index (χ4n) is 2.31. The molecule has 0 aliphatic rings. The molecule has 1 aromatic carbocycles. The lowest BCUT2D eigenvalue weighted by atomic mass is 10.1. The Morgan fingerprint density at radius 1 is 1.14 bits per heavy atom. The van der Waals surface area contributed by atoms with Crippen LogP contribution in [0.5, 0.6) is 0 Å². The standard InChI is InChI=1S/C16H17FN4/c1-20(2)14-5-3-12(4-6-14)15-11-21-16(19-15)13(7-9-17)8-10-18-21/h3-6,8,10-11H,7,9H2,1-2H3. The molecule has 3 aromatic rings. The third kappa shape index (κ3) is 2.59. The van der Waals surface area contributed by atoms with Gasteiger partial charge in [0, 0.05) is 43.5 Å². The van der Waals surface area contributed by atoms with Gasteiger partial charge in [-0.25, -0.2) is 9.50 Å². The molecule has 0 saturated heterocycles. The summed E-state index contributed by atoms with van der Waals surface area (Å²) >= 11 is 0. The highest BCUT2D eigenvalue weighted by Gasteiger charge is 2.09.